The fraction of sp³-hybridized carbons (Fsp3) is 0.406. The number of nitrogens with zero attached hydrogens (tertiary/aromatic N) is 1. The number of nitrogens with one attached hydrogen (secondary N) is 1. The molecule has 0 aromatic heterocycles. The summed E-state index contributed by atoms with van der Waals surface area (Å²) in [4.78, 5) is 10.2. The van der Waals surface area contributed by atoms with E-state index in [4.69, 9.17) is 5.11 Å². The number of aliphatic carboxylic acids is 1. The molecule has 7 nitrogen and oxygen atoms in total. The zero-order chi connectivity index (χ0) is 32.7. The van der Waals surface area contributed by atoms with Crippen LogP contribution in [0.5, 0.6) is 0 Å². The Labute approximate surface area is 255 Å². The second-order valence-corrected chi connectivity index (χ2v) is 13.6. The number of alkyl halides is 3. The quantitative estimate of drug-likeness (QED) is 0.179. The number of rotatable bonds is 15. The van der Waals surface area contributed by atoms with Crippen molar-refractivity contribution in [1.29, 1.82) is 0 Å². The van der Waals surface area contributed by atoms with Gasteiger partial charge < -0.3 is 15.5 Å². The molecule has 12 heteroatoms. The number of β-amino-alcohol motifs (C(OH)–C–C–N with tert-alkyl or cyclic N) is 1. The summed E-state index contributed by atoms with van der Waals surface area (Å²) in [5, 5.41) is 22.7. The molecule has 0 amide bonds. The first kappa shape index (κ1) is 35.2. The minimum Gasteiger partial charge on any atom is -0.481 e. The van der Waals surface area contributed by atoms with Gasteiger partial charge in [-0.3, -0.25) is 4.79 Å². The molecule has 0 aliphatic heterocycles. The van der Waals surface area contributed by atoms with Gasteiger partial charge in [0.25, 0.3) is 0 Å². The summed E-state index contributed by atoms with van der Waals surface area (Å²) in [5.41, 5.74) is 0.340. The number of halogens is 4. The van der Waals surface area contributed by atoms with Crippen LogP contribution in [0.3, 0.4) is 0 Å². The third-order valence-corrected chi connectivity index (χ3v) is 9.10. The standard InChI is InChI=1S/C32H38F4N2O5S/c1-31(2,15-5-7-23-6-4-8-27(33)16-23)37-20-28(39)21-38(3)44(42,43)29-18-25(17-26(19-29)32(34,35)36)24-12-9-22(10-13-24)11-14-30(40)41/h4,6,8-10,12-13,16-19,28,37,39H,5,7,11,14-15,20-21H2,1-3H3,(H,40,41). The topological polar surface area (TPSA) is 107 Å². The van der Waals surface area contributed by atoms with Crippen LogP contribution in [0.4, 0.5) is 17.6 Å². The minimum absolute atomic E-state index is 0.0267. The molecule has 44 heavy (non-hydrogen) atoms. The highest BCUT2D eigenvalue weighted by atomic mass is 32.2. The Hall–Kier alpha value is -3.32. The number of carbonyl (C=O) groups is 1. The molecule has 3 aromatic rings. The molecule has 3 N–H and O–H groups in total. The molecule has 3 rings (SSSR count). The Morgan fingerprint density at radius 1 is 0.955 bits per heavy atom. The first-order chi connectivity index (χ1) is 20.5. The van der Waals surface area contributed by atoms with Gasteiger partial charge in [0, 0.05) is 32.1 Å². The zero-order valence-corrected chi connectivity index (χ0v) is 25.7. The third-order valence-electron chi connectivity index (χ3n) is 7.30. The fourth-order valence-electron chi connectivity index (χ4n) is 4.74. The van der Waals surface area contributed by atoms with E-state index in [1.807, 2.05) is 19.9 Å². The number of carboxylic acid groups (broad SMARTS) is 1. The van der Waals surface area contributed by atoms with Crippen LogP contribution < -0.4 is 5.32 Å². The Balaban J connectivity index is 1.68. The smallest absolute Gasteiger partial charge is 0.416 e. The van der Waals surface area contributed by atoms with E-state index in [1.165, 1.54) is 31.3 Å². The molecule has 1 unspecified atom stereocenters. The van der Waals surface area contributed by atoms with Gasteiger partial charge >= 0.3 is 12.1 Å². The summed E-state index contributed by atoms with van der Waals surface area (Å²) in [6.07, 6.45) is -3.72. The Morgan fingerprint density at radius 3 is 2.25 bits per heavy atom. The summed E-state index contributed by atoms with van der Waals surface area (Å²) in [6, 6.07) is 15.2. The molecule has 0 spiro atoms. The SMILES string of the molecule is CN(CC(O)CNC(C)(C)CCCc1cccc(F)c1)S(=O)(=O)c1cc(-c2ccc(CCC(=O)O)cc2)cc(C(F)(F)F)c1. The van der Waals surface area contributed by atoms with Crippen molar-refractivity contribution in [3.8, 4) is 11.1 Å². The first-order valence-corrected chi connectivity index (χ1v) is 15.6. The summed E-state index contributed by atoms with van der Waals surface area (Å²) >= 11 is 0. The van der Waals surface area contributed by atoms with Crippen molar-refractivity contribution < 1.29 is 41.0 Å². The molecular weight excluding hydrogens is 600 g/mol. The number of hydrogen-bond donors (Lipinski definition) is 3. The van der Waals surface area contributed by atoms with E-state index >= 15 is 0 Å². The number of benzene rings is 3. The van der Waals surface area contributed by atoms with Crippen LogP contribution in [0.2, 0.25) is 0 Å². The summed E-state index contributed by atoms with van der Waals surface area (Å²) in [6.45, 7) is 3.52. The van der Waals surface area contributed by atoms with Gasteiger partial charge in [-0.25, -0.2) is 12.8 Å². The lowest BCUT2D eigenvalue weighted by Gasteiger charge is -2.29. The van der Waals surface area contributed by atoms with E-state index in [1.54, 1.807) is 18.2 Å². The Morgan fingerprint density at radius 2 is 1.64 bits per heavy atom. The van der Waals surface area contributed by atoms with Gasteiger partial charge in [0.05, 0.1) is 16.6 Å². The lowest BCUT2D eigenvalue weighted by atomic mass is 9.95. The average molecular weight is 639 g/mol. The van der Waals surface area contributed by atoms with Gasteiger partial charge in [0.1, 0.15) is 5.82 Å². The van der Waals surface area contributed by atoms with Crippen molar-refractivity contribution in [2.45, 2.75) is 68.7 Å². The monoisotopic (exact) mass is 638 g/mol. The highest BCUT2D eigenvalue weighted by Gasteiger charge is 2.34. The molecule has 0 radical (unpaired) electrons. The average Bonchev–Trinajstić information content (AvgIpc) is 2.94. The Bertz CT molecular complexity index is 1530. The molecule has 0 saturated heterocycles. The van der Waals surface area contributed by atoms with Crippen LogP contribution in [0.15, 0.2) is 71.6 Å². The number of aryl methyl sites for hydroxylation is 2. The first-order valence-electron chi connectivity index (χ1n) is 14.1. The van der Waals surface area contributed by atoms with E-state index in [9.17, 15) is 35.9 Å². The molecular formula is C32H38F4N2O5S. The number of carboxylic acids is 1. The highest BCUT2D eigenvalue weighted by molar-refractivity contribution is 7.89. The largest absolute Gasteiger partial charge is 0.481 e. The van der Waals surface area contributed by atoms with Crippen LogP contribution >= 0.6 is 0 Å². The van der Waals surface area contributed by atoms with E-state index < -0.39 is 44.3 Å². The molecule has 240 valence electrons. The van der Waals surface area contributed by atoms with Gasteiger partial charge in [-0.2, -0.15) is 17.5 Å². The van der Waals surface area contributed by atoms with Crippen molar-refractivity contribution in [1.82, 2.24) is 9.62 Å². The van der Waals surface area contributed by atoms with Gasteiger partial charge in [0.2, 0.25) is 10.0 Å². The van der Waals surface area contributed by atoms with Crippen LogP contribution in [-0.4, -0.2) is 60.7 Å². The van der Waals surface area contributed by atoms with E-state index in [0.717, 1.165) is 28.4 Å². The maximum absolute atomic E-state index is 13.8. The zero-order valence-electron chi connectivity index (χ0n) is 24.9. The number of aliphatic hydroxyl groups excluding tert-OH is 1. The number of likely N-dealkylation sites (N-methyl/N-ethyl adjacent to an activating group) is 1. The number of sulfonamides is 1. The molecule has 3 aromatic carbocycles. The van der Waals surface area contributed by atoms with Gasteiger partial charge in [-0.1, -0.05) is 36.4 Å². The van der Waals surface area contributed by atoms with Crippen LogP contribution in [0, 0.1) is 5.82 Å². The van der Waals surface area contributed by atoms with Gasteiger partial charge in [-0.15, -0.1) is 0 Å². The minimum atomic E-state index is -4.82. The summed E-state index contributed by atoms with van der Waals surface area (Å²) in [7, 11) is -3.23. The predicted octanol–water partition coefficient (Wildman–Crippen LogP) is 5.90. The number of aliphatic hydroxyl groups is 1. The maximum atomic E-state index is 13.8. The summed E-state index contributed by atoms with van der Waals surface area (Å²) in [5.74, 6) is -1.28. The van der Waals surface area contributed by atoms with E-state index in [0.29, 0.717) is 30.0 Å². The maximum Gasteiger partial charge on any atom is 0.416 e. The van der Waals surface area contributed by atoms with Crippen LogP contribution in [0.25, 0.3) is 11.1 Å². The molecule has 0 aliphatic rings. The summed E-state index contributed by atoms with van der Waals surface area (Å²) < 4.78 is 82.4. The fourth-order valence-corrected chi connectivity index (χ4v) is 6.02. The van der Waals surface area contributed by atoms with Crippen molar-refractivity contribution in [2.24, 2.45) is 0 Å². The Kier molecular flexibility index (Phi) is 11.7. The second kappa shape index (κ2) is 14.6. The van der Waals surface area contributed by atoms with E-state index in [-0.39, 0.29) is 37.3 Å². The second-order valence-electron chi connectivity index (χ2n) is 11.5. The molecule has 0 saturated carbocycles. The highest BCUT2D eigenvalue weighted by Crippen LogP contribution is 2.35. The van der Waals surface area contributed by atoms with Crippen molar-refractivity contribution in [3.63, 3.8) is 0 Å². The number of hydrogen-bond acceptors (Lipinski definition) is 5. The third kappa shape index (κ3) is 10.4. The normalized spacial score (nSPS) is 13.3. The molecule has 0 heterocycles. The lowest BCUT2D eigenvalue weighted by Crippen LogP contribution is -2.46. The molecule has 0 bridgehead atoms. The molecule has 1 atom stereocenters. The van der Waals surface area contributed by atoms with Crippen LogP contribution in [0.1, 0.15) is 49.8 Å². The van der Waals surface area contributed by atoms with Crippen LogP contribution in [-0.2, 0) is 33.8 Å². The van der Waals surface area contributed by atoms with E-state index in [2.05, 4.69) is 5.32 Å². The van der Waals surface area contributed by atoms with Crippen molar-refractivity contribution in [2.75, 3.05) is 20.1 Å². The molecule has 0 aliphatic carbocycles. The van der Waals surface area contributed by atoms with Gasteiger partial charge in [0.15, 0.2) is 0 Å². The predicted molar refractivity (Wildman–Crippen MR) is 160 cm³/mol. The molecule has 0 fully saturated rings. The lowest BCUT2D eigenvalue weighted by molar-refractivity contribution is -0.138. The van der Waals surface area contributed by atoms with Crippen molar-refractivity contribution >= 4 is 16.0 Å². The van der Waals surface area contributed by atoms with Gasteiger partial charge in [-0.05, 0) is 92.1 Å². The van der Waals surface area contributed by atoms with Crippen molar-refractivity contribution in [3.05, 3.63) is 89.2 Å².